The van der Waals surface area contributed by atoms with Crippen molar-refractivity contribution in [3.8, 4) is 0 Å². The van der Waals surface area contributed by atoms with Gasteiger partial charge in [-0.3, -0.25) is 9.59 Å². The van der Waals surface area contributed by atoms with Crippen LogP contribution < -0.4 is 10.6 Å². The summed E-state index contributed by atoms with van der Waals surface area (Å²) in [5.74, 6) is -0.0498. The molecule has 5 rings (SSSR count). The highest BCUT2D eigenvalue weighted by Gasteiger charge is 2.44. The molecule has 1 aliphatic rings. The second kappa shape index (κ2) is 9.34. The molecule has 2 N–H and O–H groups in total. The molecule has 2 unspecified atom stereocenters. The lowest BCUT2D eigenvalue weighted by atomic mass is 9.86. The normalized spacial score (nSPS) is 17.1. The molecule has 0 spiro atoms. The quantitative estimate of drug-likeness (QED) is 0.287. The van der Waals surface area contributed by atoms with Crippen molar-refractivity contribution in [2.45, 2.75) is 45.4 Å². The van der Waals surface area contributed by atoms with Crippen molar-refractivity contribution >= 4 is 55.8 Å². The molecule has 1 saturated carbocycles. The van der Waals surface area contributed by atoms with Gasteiger partial charge in [0.05, 0.1) is 20.9 Å². The second-order valence-corrected chi connectivity index (χ2v) is 11.8. The maximum Gasteiger partial charge on any atom is 0.255 e. The molecule has 0 bridgehead atoms. The molecule has 1 heterocycles. The highest BCUT2D eigenvalue weighted by molar-refractivity contribution is 7.22. The van der Waals surface area contributed by atoms with Gasteiger partial charge in [0.25, 0.3) is 5.91 Å². The first-order valence-electron chi connectivity index (χ1n) is 12.0. The number of anilines is 2. The zero-order valence-corrected chi connectivity index (χ0v) is 22.3. The number of hydrogen-bond acceptors (Lipinski definition) is 4. The highest BCUT2D eigenvalue weighted by atomic mass is 35.5. The van der Waals surface area contributed by atoms with E-state index in [9.17, 15) is 9.59 Å². The summed E-state index contributed by atoms with van der Waals surface area (Å²) >= 11 is 7.62. The minimum Gasteiger partial charge on any atom is -0.320 e. The number of carbonyl (C=O) groups is 2. The summed E-state index contributed by atoms with van der Waals surface area (Å²) in [5.41, 5.74) is 5.35. The number of benzene rings is 3. The SMILES string of the molecule is Cc1cccc(Cl)c1NC(=O)c1ccc2nc(NC(=O)C3CC3c3ccc(C(C)(C)C)cc3)sc2c1. The molecule has 7 heteroatoms. The fraction of sp³-hybridized carbons (Fsp3) is 0.276. The maximum atomic E-state index is 12.9. The number of thiazole rings is 1. The van der Waals surface area contributed by atoms with Crippen molar-refractivity contribution in [2.75, 3.05) is 10.6 Å². The fourth-order valence-corrected chi connectivity index (χ4v) is 5.55. The Morgan fingerprint density at radius 2 is 1.78 bits per heavy atom. The molecular formula is C29H28ClN3O2S. The zero-order valence-electron chi connectivity index (χ0n) is 20.7. The summed E-state index contributed by atoms with van der Waals surface area (Å²) in [6.07, 6.45) is 0.845. The highest BCUT2D eigenvalue weighted by Crippen LogP contribution is 2.48. The van der Waals surface area contributed by atoms with Gasteiger partial charge in [0.1, 0.15) is 0 Å². The van der Waals surface area contributed by atoms with Gasteiger partial charge < -0.3 is 10.6 Å². The summed E-state index contributed by atoms with van der Waals surface area (Å²) in [4.78, 5) is 30.3. The number of carbonyl (C=O) groups excluding carboxylic acids is 2. The Morgan fingerprint density at radius 3 is 2.47 bits per heavy atom. The summed E-state index contributed by atoms with van der Waals surface area (Å²) in [7, 11) is 0. The number of para-hydroxylation sites is 1. The minimum absolute atomic E-state index is 0.00823. The lowest BCUT2D eigenvalue weighted by molar-refractivity contribution is -0.117. The summed E-state index contributed by atoms with van der Waals surface area (Å²) < 4.78 is 0.832. The standard InChI is InChI=1S/C29H28ClN3O2S/c1-16-6-5-7-22(30)25(16)32-26(34)18-10-13-23-24(14-18)36-28(31-23)33-27(35)21-15-20(21)17-8-11-19(12-9-17)29(2,3)4/h5-14,20-21H,15H2,1-4H3,(H,32,34)(H,31,33,35). The van der Waals surface area contributed by atoms with Crippen LogP contribution in [0.1, 0.15) is 60.2 Å². The van der Waals surface area contributed by atoms with Crippen LogP contribution in [-0.2, 0) is 10.2 Å². The number of hydrogen-bond donors (Lipinski definition) is 2. The zero-order chi connectivity index (χ0) is 25.6. The molecule has 5 nitrogen and oxygen atoms in total. The van der Waals surface area contributed by atoms with Gasteiger partial charge in [0, 0.05) is 11.5 Å². The average molecular weight is 518 g/mol. The number of nitrogens with one attached hydrogen (secondary N) is 2. The first kappa shape index (κ1) is 24.5. The lowest BCUT2D eigenvalue weighted by Crippen LogP contribution is -2.14. The van der Waals surface area contributed by atoms with E-state index < -0.39 is 0 Å². The van der Waals surface area contributed by atoms with Gasteiger partial charge in [-0.2, -0.15) is 0 Å². The lowest BCUT2D eigenvalue weighted by Gasteiger charge is -2.19. The Balaban J connectivity index is 1.25. The van der Waals surface area contributed by atoms with Crippen LogP contribution in [0.15, 0.2) is 60.7 Å². The molecule has 4 aromatic rings. The Kier molecular flexibility index (Phi) is 6.35. The monoisotopic (exact) mass is 517 g/mol. The van der Waals surface area contributed by atoms with Crippen molar-refractivity contribution < 1.29 is 9.59 Å². The number of aromatic nitrogens is 1. The molecule has 1 aromatic heterocycles. The van der Waals surface area contributed by atoms with E-state index in [4.69, 9.17) is 11.6 Å². The van der Waals surface area contributed by atoms with Gasteiger partial charge in [0.2, 0.25) is 5.91 Å². The molecule has 184 valence electrons. The molecule has 0 saturated heterocycles. The molecular weight excluding hydrogens is 490 g/mol. The van der Waals surface area contributed by atoms with Crippen LogP contribution in [0.25, 0.3) is 10.2 Å². The van der Waals surface area contributed by atoms with E-state index in [-0.39, 0.29) is 29.1 Å². The smallest absolute Gasteiger partial charge is 0.255 e. The van der Waals surface area contributed by atoms with Crippen LogP contribution in [0.3, 0.4) is 0 Å². The van der Waals surface area contributed by atoms with Crippen molar-refractivity contribution in [3.05, 3.63) is 87.9 Å². The minimum atomic E-state index is -0.245. The van der Waals surface area contributed by atoms with Crippen LogP contribution in [0.2, 0.25) is 5.02 Å². The van der Waals surface area contributed by atoms with Crippen molar-refractivity contribution in [1.29, 1.82) is 0 Å². The first-order chi connectivity index (χ1) is 17.1. The van der Waals surface area contributed by atoms with E-state index in [1.54, 1.807) is 24.3 Å². The van der Waals surface area contributed by atoms with E-state index in [0.29, 0.717) is 21.4 Å². The summed E-state index contributed by atoms with van der Waals surface area (Å²) in [6.45, 7) is 8.49. The molecule has 36 heavy (non-hydrogen) atoms. The van der Waals surface area contributed by atoms with Crippen LogP contribution in [-0.4, -0.2) is 16.8 Å². The third-order valence-corrected chi connectivity index (χ3v) is 7.92. The number of rotatable bonds is 5. The van der Waals surface area contributed by atoms with E-state index in [1.165, 1.54) is 22.5 Å². The summed E-state index contributed by atoms with van der Waals surface area (Å²) in [6, 6.07) is 19.4. The van der Waals surface area contributed by atoms with Crippen molar-refractivity contribution in [2.24, 2.45) is 5.92 Å². The Hall–Kier alpha value is -3.22. The number of nitrogens with zero attached hydrogens (tertiary/aromatic N) is 1. The molecule has 3 aromatic carbocycles. The van der Waals surface area contributed by atoms with Gasteiger partial charge in [-0.1, -0.05) is 80.1 Å². The third-order valence-electron chi connectivity index (χ3n) is 6.67. The van der Waals surface area contributed by atoms with E-state index in [0.717, 1.165) is 22.2 Å². The van der Waals surface area contributed by atoms with Gasteiger partial charge >= 0.3 is 0 Å². The largest absolute Gasteiger partial charge is 0.320 e. The van der Waals surface area contributed by atoms with Gasteiger partial charge in [0.15, 0.2) is 5.13 Å². The molecule has 2 atom stereocenters. The van der Waals surface area contributed by atoms with Crippen LogP contribution in [0.5, 0.6) is 0 Å². The van der Waals surface area contributed by atoms with E-state index in [1.807, 2.05) is 19.1 Å². The average Bonchev–Trinajstić information content (AvgIpc) is 3.54. The molecule has 0 aliphatic heterocycles. The van der Waals surface area contributed by atoms with Gasteiger partial charge in [-0.05, 0) is 65.6 Å². The topological polar surface area (TPSA) is 71.1 Å². The third kappa shape index (κ3) is 5.01. The van der Waals surface area contributed by atoms with Crippen LogP contribution in [0, 0.1) is 12.8 Å². The van der Waals surface area contributed by atoms with E-state index >= 15 is 0 Å². The number of halogens is 1. The Morgan fingerprint density at radius 1 is 1.03 bits per heavy atom. The number of aryl methyl sites for hydroxylation is 1. The molecule has 1 aliphatic carbocycles. The number of fused-ring (bicyclic) bond motifs is 1. The molecule has 2 amide bonds. The molecule has 0 radical (unpaired) electrons. The van der Waals surface area contributed by atoms with Crippen LogP contribution in [0.4, 0.5) is 10.8 Å². The summed E-state index contributed by atoms with van der Waals surface area (Å²) in [5, 5.41) is 6.92. The predicted octanol–water partition coefficient (Wildman–Crippen LogP) is 7.55. The Labute approximate surface area is 219 Å². The van der Waals surface area contributed by atoms with Gasteiger partial charge in [-0.15, -0.1) is 0 Å². The Bertz CT molecular complexity index is 1450. The maximum absolute atomic E-state index is 12.9. The van der Waals surface area contributed by atoms with E-state index in [2.05, 4.69) is 60.7 Å². The first-order valence-corrected chi connectivity index (χ1v) is 13.2. The van der Waals surface area contributed by atoms with Gasteiger partial charge in [-0.25, -0.2) is 4.98 Å². The number of amides is 2. The van der Waals surface area contributed by atoms with Crippen LogP contribution >= 0.6 is 22.9 Å². The molecule has 1 fully saturated rings. The second-order valence-electron chi connectivity index (χ2n) is 10.4. The van der Waals surface area contributed by atoms with Crippen molar-refractivity contribution in [3.63, 3.8) is 0 Å². The predicted molar refractivity (Wildman–Crippen MR) is 148 cm³/mol. The fourth-order valence-electron chi connectivity index (χ4n) is 4.38. The van der Waals surface area contributed by atoms with Crippen molar-refractivity contribution in [1.82, 2.24) is 4.98 Å².